The Morgan fingerprint density at radius 1 is 1.27 bits per heavy atom. The Hall–Kier alpha value is -1.05. The van der Waals surface area contributed by atoms with E-state index >= 15 is 0 Å². The normalized spacial score (nSPS) is 11.5. The molecular weight excluding hydrogens is 191 g/mol. The van der Waals surface area contributed by atoms with Gasteiger partial charge in [-0.3, -0.25) is 0 Å². The minimum absolute atomic E-state index is 0.159. The maximum Gasteiger partial charge on any atom is 0.130 e. The van der Waals surface area contributed by atoms with Crippen molar-refractivity contribution >= 4 is 0 Å². The minimum atomic E-state index is -0.184. The molecule has 0 atom stereocenters. The van der Waals surface area contributed by atoms with Crippen LogP contribution >= 0.6 is 0 Å². The van der Waals surface area contributed by atoms with Gasteiger partial charge in [0, 0.05) is 6.07 Å². The fourth-order valence-corrected chi connectivity index (χ4v) is 1.41. The van der Waals surface area contributed by atoms with Gasteiger partial charge in [0.25, 0.3) is 0 Å². The molecule has 1 nitrogen and oxygen atoms in total. The van der Waals surface area contributed by atoms with Crippen LogP contribution in [0.5, 0.6) is 5.75 Å². The molecule has 0 aliphatic heterocycles. The van der Waals surface area contributed by atoms with Gasteiger partial charge in [-0.25, -0.2) is 4.39 Å². The Labute approximate surface area is 91.3 Å². The quantitative estimate of drug-likeness (QED) is 0.735. The summed E-state index contributed by atoms with van der Waals surface area (Å²) in [6, 6.07) is 5.11. The summed E-state index contributed by atoms with van der Waals surface area (Å²) in [6.45, 7) is 8.65. The molecule has 0 aliphatic rings. The van der Waals surface area contributed by atoms with Gasteiger partial charge in [-0.2, -0.15) is 0 Å². The summed E-state index contributed by atoms with van der Waals surface area (Å²) >= 11 is 0. The van der Waals surface area contributed by atoms with Crippen molar-refractivity contribution in [2.24, 2.45) is 0 Å². The molecule has 1 aromatic carbocycles. The van der Waals surface area contributed by atoms with E-state index in [9.17, 15) is 4.39 Å². The average Bonchev–Trinajstić information content (AvgIpc) is 2.12. The van der Waals surface area contributed by atoms with Gasteiger partial charge in [-0.05, 0) is 23.5 Å². The summed E-state index contributed by atoms with van der Waals surface area (Å²) in [4.78, 5) is 0. The number of rotatable bonds is 3. The second-order valence-electron chi connectivity index (χ2n) is 4.74. The average molecular weight is 210 g/mol. The molecule has 84 valence electrons. The summed E-state index contributed by atoms with van der Waals surface area (Å²) in [6.07, 6.45) is 0.933. The van der Waals surface area contributed by atoms with Crippen molar-refractivity contribution in [1.29, 1.82) is 0 Å². The lowest BCUT2D eigenvalue weighted by Crippen LogP contribution is -2.13. The summed E-state index contributed by atoms with van der Waals surface area (Å²) in [5.41, 5.74) is 0.569. The Bertz CT molecular complexity index is 326. The highest BCUT2D eigenvalue weighted by atomic mass is 19.1. The van der Waals surface area contributed by atoms with Crippen molar-refractivity contribution in [3.63, 3.8) is 0 Å². The van der Waals surface area contributed by atoms with Crippen LogP contribution < -0.4 is 4.74 Å². The molecule has 1 rings (SSSR count). The molecule has 0 radical (unpaired) electrons. The van der Waals surface area contributed by atoms with Crippen molar-refractivity contribution < 1.29 is 9.13 Å². The third-order valence-corrected chi connectivity index (χ3v) is 2.22. The van der Waals surface area contributed by atoms with Gasteiger partial charge >= 0.3 is 0 Å². The molecule has 0 spiro atoms. The second kappa shape index (κ2) is 4.65. The Kier molecular flexibility index (Phi) is 3.72. The first-order chi connectivity index (χ1) is 6.95. The van der Waals surface area contributed by atoms with Crippen LogP contribution in [-0.2, 0) is 5.41 Å². The minimum Gasteiger partial charge on any atom is -0.494 e. The maximum absolute atomic E-state index is 13.7. The molecular formula is C13H19FO. The fraction of sp³-hybridized carbons (Fsp3) is 0.538. The first-order valence-corrected chi connectivity index (χ1v) is 5.38. The van der Waals surface area contributed by atoms with E-state index in [2.05, 4.69) is 0 Å². The predicted molar refractivity (Wildman–Crippen MR) is 60.9 cm³/mol. The smallest absolute Gasteiger partial charge is 0.130 e. The van der Waals surface area contributed by atoms with Gasteiger partial charge in [0.1, 0.15) is 11.6 Å². The van der Waals surface area contributed by atoms with Crippen LogP contribution in [0.4, 0.5) is 4.39 Å². The molecule has 0 unspecified atom stereocenters. The van der Waals surface area contributed by atoms with E-state index < -0.39 is 0 Å². The largest absolute Gasteiger partial charge is 0.494 e. The SMILES string of the molecule is CCCOc1ccc(C(C)(C)C)c(F)c1. The lowest BCUT2D eigenvalue weighted by molar-refractivity contribution is 0.315. The Morgan fingerprint density at radius 3 is 2.40 bits per heavy atom. The van der Waals surface area contributed by atoms with Crippen LogP contribution in [0.2, 0.25) is 0 Å². The molecule has 15 heavy (non-hydrogen) atoms. The highest BCUT2D eigenvalue weighted by molar-refractivity contribution is 5.32. The van der Waals surface area contributed by atoms with Gasteiger partial charge < -0.3 is 4.74 Å². The molecule has 1 aromatic rings. The van der Waals surface area contributed by atoms with E-state index in [0.29, 0.717) is 12.4 Å². The van der Waals surface area contributed by atoms with E-state index in [1.54, 1.807) is 6.07 Å². The number of halogens is 1. The molecule has 2 heteroatoms. The number of hydrogen-bond donors (Lipinski definition) is 0. The van der Waals surface area contributed by atoms with Crippen LogP contribution in [0.3, 0.4) is 0 Å². The van der Waals surface area contributed by atoms with E-state index in [0.717, 1.165) is 12.0 Å². The topological polar surface area (TPSA) is 9.23 Å². The molecule has 0 saturated heterocycles. The molecule has 0 N–H and O–H groups in total. The van der Waals surface area contributed by atoms with Crippen LogP contribution in [0.1, 0.15) is 39.7 Å². The zero-order valence-electron chi connectivity index (χ0n) is 9.93. The predicted octanol–water partition coefficient (Wildman–Crippen LogP) is 3.91. The number of ether oxygens (including phenoxy) is 1. The molecule has 0 aliphatic carbocycles. The second-order valence-corrected chi connectivity index (χ2v) is 4.74. The van der Waals surface area contributed by atoms with Crippen molar-refractivity contribution in [2.75, 3.05) is 6.61 Å². The van der Waals surface area contributed by atoms with Crippen molar-refractivity contribution in [3.8, 4) is 5.75 Å². The summed E-state index contributed by atoms with van der Waals surface area (Å²) < 4.78 is 19.1. The third-order valence-electron chi connectivity index (χ3n) is 2.22. The van der Waals surface area contributed by atoms with E-state index in [1.165, 1.54) is 6.07 Å². The number of benzene rings is 1. The monoisotopic (exact) mass is 210 g/mol. The summed E-state index contributed by atoms with van der Waals surface area (Å²) in [5.74, 6) is 0.429. The van der Waals surface area contributed by atoms with E-state index in [1.807, 2.05) is 33.8 Å². The van der Waals surface area contributed by atoms with Crippen molar-refractivity contribution in [1.82, 2.24) is 0 Å². The van der Waals surface area contributed by atoms with Gasteiger partial charge in [-0.15, -0.1) is 0 Å². The lowest BCUT2D eigenvalue weighted by atomic mass is 9.87. The van der Waals surface area contributed by atoms with Crippen LogP contribution in [-0.4, -0.2) is 6.61 Å². The van der Waals surface area contributed by atoms with Gasteiger partial charge in [0.15, 0.2) is 0 Å². The van der Waals surface area contributed by atoms with E-state index in [-0.39, 0.29) is 11.2 Å². The molecule has 0 fully saturated rings. The van der Waals surface area contributed by atoms with Crippen molar-refractivity contribution in [3.05, 3.63) is 29.6 Å². The molecule has 0 aromatic heterocycles. The van der Waals surface area contributed by atoms with E-state index in [4.69, 9.17) is 4.74 Å². The lowest BCUT2D eigenvalue weighted by Gasteiger charge is -2.20. The summed E-state index contributed by atoms with van der Waals surface area (Å²) in [7, 11) is 0. The highest BCUT2D eigenvalue weighted by Gasteiger charge is 2.18. The highest BCUT2D eigenvalue weighted by Crippen LogP contribution is 2.27. The molecule has 0 bridgehead atoms. The van der Waals surface area contributed by atoms with Gasteiger partial charge in [0.2, 0.25) is 0 Å². The number of hydrogen-bond acceptors (Lipinski definition) is 1. The summed E-state index contributed by atoms with van der Waals surface area (Å²) in [5, 5.41) is 0. The Morgan fingerprint density at radius 2 is 1.93 bits per heavy atom. The first kappa shape index (κ1) is 12.0. The third kappa shape index (κ3) is 3.22. The molecule has 0 amide bonds. The zero-order valence-corrected chi connectivity index (χ0v) is 9.93. The van der Waals surface area contributed by atoms with Gasteiger partial charge in [0.05, 0.1) is 6.61 Å². The van der Waals surface area contributed by atoms with Crippen LogP contribution in [0.15, 0.2) is 18.2 Å². The van der Waals surface area contributed by atoms with Crippen LogP contribution in [0.25, 0.3) is 0 Å². The molecule has 0 saturated carbocycles. The molecule has 0 heterocycles. The van der Waals surface area contributed by atoms with Gasteiger partial charge in [-0.1, -0.05) is 33.8 Å². The van der Waals surface area contributed by atoms with Crippen LogP contribution in [0, 0.1) is 5.82 Å². The fourth-order valence-electron chi connectivity index (χ4n) is 1.41. The van der Waals surface area contributed by atoms with Crippen molar-refractivity contribution in [2.45, 2.75) is 39.5 Å². The standard InChI is InChI=1S/C13H19FO/c1-5-8-15-10-6-7-11(12(14)9-10)13(2,3)4/h6-7,9H,5,8H2,1-4H3. The Balaban J connectivity index is 2.89. The zero-order chi connectivity index (χ0) is 11.5. The maximum atomic E-state index is 13.7. The first-order valence-electron chi connectivity index (χ1n) is 5.38.